The molecule has 0 aliphatic carbocycles. The summed E-state index contributed by atoms with van der Waals surface area (Å²) in [7, 11) is 0. The van der Waals surface area contributed by atoms with Gasteiger partial charge in [0, 0.05) is 0 Å². The van der Waals surface area contributed by atoms with Crippen LogP contribution in [0.25, 0.3) is 0 Å². The van der Waals surface area contributed by atoms with E-state index in [1.54, 1.807) is 0 Å². The lowest BCUT2D eigenvalue weighted by atomic mass is 10.2. The summed E-state index contributed by atoms with van der Waals surface area (Å²) in [5.74, 6) is -3.14. The summed E-state index contributed by atoms with van der Waals surface area (Å²) >= 11 is 5.23. The number of hydrogen-bond acceptors (Lipinski definition) is 1. The Morgan fingerprint density at radius 3 is 2.19 bits per heavy atom. The normalized spacial score (nSPS) is 12.0. The molecule has 8 heteroatoms. The van der Waals surface area contributed by atoms with Crippen molar-refractivity contribution in [3.63, 3.8) is 0 Å². The molecule has 0 saturated heterocycles. The quantitative estimate of drug-likeness (QED) is 0.731. The molecule has 0 aliphatic rings. The van der Waals surface area contributed by atoms with Crippen LogP contribution in [-0.2, 0) is 6.18 Å². The van der Waals surface area contributed by atoms with Crippen molar-refractivity contribution in [3.05, 3.63) is 28.5 Å². The predicted octanol–water partition coefficient (Wildman–Crippen LogP) is 4.10. The molecule has 0 aliphatic heterocycles. The summed E-state index contributed by atoms with van der Waals surface area (Å²) < 4.78 is 77.0. The third-order valence-corrected chi connectivity index (χ3v) is 1.85. The first-order valence-electron chi connectivity index (χ1n) is 3.73. The highest BCUT2D eigenvalue weighted by molar-refractivity contribution is 6.32. The van der Waals surface area contributed by atoms with E-state index >= 15 is 0 Å². The molecule has 0 heterocycles. The smallest absolute Gasteiger partial charge is 0.422 e. The minimum Gasteiger partial charge on any atom is -0.432 e. The van der Waals surface area contributed by atoms with Gasteiger partial charge in [0.05, 0.1) is 5.02 Å². The van der Waals surface area contributed by atoms with Crippen molar-refractivity contribution in [3.8, 4) is 5.75 Å². The fourth-order valence-corrected chi connectivity index (χ4v) is 1.20. The van der Waals surface area contributed by atoms with E-state index < -0.39 is 34.9 Å². The van der Waals surface area contributed by atoms with E-state index in [9.17, 15) is 26.3 Å². The van der Waals surface area contributed by atoms with Gasteiger partial charge in [-0.2, -0.15) is 22.0 Å². The molecule has 1 aromatic carbocycles. The molecule has 0 atom stereocenters. The summed E-state index contributed by atoms with van der Waals surface area (Å²) in [5.41, 5.74) is -1.94. The standard InChI is InChI=1S/C8H3ClF6O/c9-3-1-2-4(10)5(8(13,14)15)6(3)16-7(11)12/h1-2,7H. The molecule has 0 spiro atoms. The predicted molar refractivity (Wildman–Crippen MR) is 43.0 cm³/mol. The van der Waals surface area contributed by atoms with Crippen LogP contribution in [0.1, 0.15) is 5.56 Å². The van der Waals surface area contributed by atoms with Gasteiger partial charge in [0.1, 0.15) is 11.4 Å². The van der Waals surface area contributed by atoms with Gasteiger partial charge in [0.2, 0.25) is 0 Å². The molecule has 90 valence electrons. The van der Waals surface area contributed by atoms with Crippen molar-refractivity contribution in [2.24, 2.45) is 0 Å². The third kappa shape index (κ3) is 2.72. The van der Waals surface area contributed by atoms with E-state index in [2.05, 4.69) is 4.74 Å². The monoisotopic (exact) mass is 264 g/mol. The highest BCUT2D eigenvalue weighted by Crippen LogP contribution is 2.42. The molecule has 0 unspecified atom stereocenters. The van der Waals surface area contributed by atoms with Gasteiger partial charge in [0.15, 0.2) is 5.75 Å². The van der Waals surface area contributed by atoms with Gasteiger partial charge in [-0.15, -0.1) is 0 Å². The zero-order valence-electron chi connectivity index (χ0n) is 7.29. The molecular weight excluding hydrogens is 262 g/mol. The van der Waals surface area contributed by atoms with Crippen molar-refractivity contribution in [1.29, 1.82) is 0 Å². The Kier molecular flexibility index (Phi) is 3.57. The van der Waals surface area contributed by atoms with E-state index in [0.717, 1.165) is 0 Å². The topological polar surface area (TPSA) is 9.23 Å². The first kappa shape index (κ1) is 13.0. The van der Waals surface area contributed by atoms with Crippen LogP contribution in [0, 0.1) is 5.82 Å². The van der Waals surface area contributed by atoms with Crippen molar-refractivity contribution in [2.45, 2.75) is 12.8 Å². The van der Waals surface area contributed by atoms with Crippen LogP contribution in [0.5, 0.6) is 5.75 Å². The lowest BCUT2D eigenvalue weighted by Crippen LogP contribution is -2.14. The molecule has 0 N–H and O–H groups in total. The van der Waals surface area contributed by atoms with E-state index in [-0.39, 0.29) is 0 Å². The van der Waals surface area contributed by atoms with E-state index in [1.165, 1.54) is 0 Å². The summed E-state index contributed by atoms with van der Waals surface area (Å²) in [6.45, 7) is -3.53. The Morgan fingerprint density at radius 1 is 1.19 bits per heavy atom. The Hall–Kier alpha value is -1.11. The molecular formula is C8H3ClF6O. The largest absolute Gasteiger partial charge is 0.432 e. The first-order chi connectivity index (χ1) is 7.23. The number of ether oxygens (including phenoxy) is 1. The number of benzene rings is 1. The van der Waals surface area contributed by atoms with E-state index in [0.29, 0.717) is 12.1 Å². The van der Waals surface area contributed by atoms with Crippen molar-refractivity contribution >= 4 is 11.6 Å². The molecule has 1 nitrogen and oxygen atoms in total. The zero-order chi connectivity index (χ0) is 12.5. The summed E-state index contributed by atoms with van der Waals surface area (Å²) in [5, 5.41) is -0.742. The highest BCUT2D eigenvalue weighted by Gasteiger charge is 2.39. The fraction of sp³-hybridized carbons (Fsp3) is 0.250. The zero-order valence-corrected chi connectivity index (χ0v) is 8.04. The third-order valence-electron chi connectivity index (χ3n) is 1.55. The van der Waals surface area contributed by atoms with Gasteiger partial charge >= 0.3 is 12.8 Å². The molecule has 0 aromatic heterocycles. The van der Waals surface area contributed by atoms with Crippen LogP contribution < -0.4 is 4.74 Å². The van der Waals surface area contributed by atoms with Crippen molar-refractivity contribution in [2.75, 3.05) is 0 Å². The van der Waals surface area contributed by atoms with Crippen LogP contribution >= 0.6 is 11.6 Å². The summed E-state index contributed by atoms with van der Waals surface area (Å²) in [6.07, 6.45) is -5.17. The van der Waals surface area contributed by atoms with Gasteiger partial charge < -0.3 is 4.74 Å². The number of rotatable bonds is 2. The minimum absolute atomic E-state index is 0.420. The Bertz CT molecular complexity index is 389. The van der Waals surface area contributed by atoms with Gasteiger partial charge in [-0.3, -0.25) is 0 Å². The van der Waals surface area contributed by atoms with Crippen LogP contribution in [0.15, 0.2) is 12.1 Å². The van der Waals surface area contributed by atoms with Crippen LogP contribution in [0.4, 0.5) is 26.3 Å². The van der Waals surface area contributed by atoms with Crippen molar-refractivity contribution in [1.82, 2.24) is 0 Å². The molecule has 0 fully saturated rings. The minimum atomic E-state index is -5.17. The molecule has 1 aromatic rings. The lowest BCUT2D eigenvalue weighted by molar-refractivity contribution is -0.144. The highest BCUT2D eigenvalue weighted by atomic mass is 35.5. The van der Waals surface area contributed by atoms with Crippen molar-refractivity contribution < 1.29 is 31.1 Å². The fourth-order valence-electron chi connectivity index (χ4n) is 1.00. The second-order valence-corrected chi connectivity index (χ2v) is 3.02. The Morgan fingerprint density at radius 2 is 1.75 bits per heavy atom. The molecule has 0 bridgehead atoms. The van der Waals surface area contributed by atoms with Crippen LogP contribution in [0.3, 0.4) is 0 Å². The summed E-state index contributed by atoms with van der Waals surface area (Å²) in [4.78, 5) is 0. The SMILES string of the molecule is Fc1ccc(Cl)c(OC(F)F)c1C(F)(F)F. The maximum absolute atomic E-state index is 12.9. The molecule has 0 amide bonds. The molecule has 0 radical (unpaired) electrons. The maximum atomic E-state index is 12.9. The van der Waals surface area contributed by atoms with Gasteiger partial charge in [-0.25, -0.2) is 4.39 Å². The Balaban J connectivity index is 3.37. The number of alkyl halides is 5. The second-order valence-electron chi connectivity index (χ2n) is 2.61. The second kappa shape index (κ2) is 4.40. The van der Waals surface area contributed by atoms with Gasteiger partial charge in [-0.1, -0.05) is 11.6 Å². The van der Waals surface area contributed by atoms with Crippen LogP contribution in [-0.4, -0.2) is 6.61 Å². The van der Waals surface area contributed by atoms with E-state index in [1.807, 2.05) is 0 Å². The number of halogens is 7. The average molecular weight is 265 g/mol. The molecule has 0 saturated carbocycles. The first-order valence-corrected chi connectivity index (χ1v) is 4.11. The lowest BCUT2D eigenvalue weighted by Gasteiger charge is -2.15. The van der Waals surface area contributed by atoms with Gasteiger partial charge in [0.25, 0.3) is 0 Å². The average Bonchev–Trinajstić information content (AvgIpc) is 2.08. The molecule has 16 heavy (non-hydrogen) atoms. The van der Waals surface area contributed by atoms with Gasteiger partial charge in [-0.05, 0) is 12.1 Å². The Labute approximate surface area is 90.6 Å². The molecule has 1 rings (SSSR count). The van der Waals surface area contributed by atoms with E-state index in [4.69, 9.17) is 11.6 Å². The van der Waals surface area contributed by atoms with Crippen LogP contribution in [0.2, 0.25) is 5.02 Å². The number of hydrogen-bond donors (Lipinski definition) is 0. The maximum Gasteiger partial charge on any atom is 0.422 e. The summed E-state index contributed by atoms with van der Waals surface area (Å²) in [6, 6.07) is 1.12.